The van der Waals surface area contributed by atoms with Crippen LogP contribution < -0.4 is 4.90 Å². The van der Waals surface area contributed by atoms with E-state index in [-0.39, 0.29) is 17.1 Å². The van der Waals surface area contributed by atoms with E-state index in [1.165, 1.54) is 22.4 Å². The molecule has 5 atom stereocenters. The topological polar surface area (TPSA) is 40.5 Å². The summed E-state index contributed by atoms with van der Waals surface area (Å²) < 4.78 is 0. The van der Waals surface area contributed by atoms with Gasteiger partial charge in [0.15, 0.2) is 5.78 Å². The van der Waals surface area contributed by atoms with Crippen molar-refractivity contribution in [2.45, 2.75) is 70.3 Å². The second kappa shape index (κ2) is 7.63. The van der Waals surface area contributed by atoms with Crippen LogP contribution in [0.4, 0.5) is 5.69 Å². The van der Waals surface area contributed by atoms with E-state index < -0.39 is 5.60 Å². The molecule has 1 aromatic carbocycles. The predicted molar refractivity (Wildman–Crippen MR) is 129 cm³/mol. The molecule has 4 aliphatic carbocycles. The number of hydrogen-bond acceptors (Lipinski definition) is 3. The van der Waals surface area contributed by atoms with Crippen LogP contribution in [0.5, 0.6) is 0 Å². The molecule has 0 saturated heterocycles. The first-order chi connectivity index (χ1) is 15.3. The van der Waals surface area contributed by atoms with E-state index >= 15 is 0 Å². The standard InChI is InChI=1S/C29H35NO2/c1-5-14-29(32)16-13-26-23-11-8-20-17-22(31)18-25(19-6-9-21(10-7-19)30(3)4)27(20)24(23)12-15-28(26,29)2/h6-7,9-10,17,23,25-26,32H,8,11-13,15-16,18H2,1-4H3/t23-,25+,26+,28+,29-/m1/s1. The number of carbonyl (C=O) groups is 1. The summed E-state index contributed by atoms with van der Waals surface area (Å²) in [6.07, 6.45) is 8.40. The molecular weight excluding hydrogens is 394 g/mol. The molecular formula is C29H35NO2. The van der Waals surface area contributed by atoms with E-state index in [1.54, 1.807) is 5.57 Å². The summed E-state index contributed by atoms with van der Waals surface area (Å²) in [4.78, 5) is 14.8. The summed E-state index contributed by atoms with van der Waals surface area (Å²) in [6.45, 7) is 4.12. The molecule has 4 aliphatic rings. The molecule has 0 radical (unpaired) electrons. The molecule has 168 valence electrons. The van der Waals surface area contributed by atoms with Gasteiger partial charge in [-0.15, -0.1) is 5.92 Å². The molecule has 0 aromatic heterocycles. The Labute approximate surface area is 192 Å². The fourth-order valence-electron chi connectivity index (χ4n) is 7.35. The van der Waals surface area contributed by atoms with Crippen molar-refractivity contribution in [1.29, 1.82) is 0 Å². The van der Waals surface area contributed by atoms with Gasteiger partial charge in [0.25, 0.3) is 0 Å². The normalized spacial score (nSPS) is 35.8. The number of hydrogen-bond donors (Lipinski definition) is 1. The molecule has 0 amide bonds. The van der Waals surface area contributed by atoms with E-state index in [0.29, 0.717) is 18.3 Å². The van der Waals surface area contributed by atoms with Gasteiger partial charge >= 0.3 is 0 Å². The largest absolute Gasteiger partial charge is 0.378 e. The molecule has 5 rings (SSSR count). The monoisotopic (exact) mass is 429 g/mol. The Kier molecular flexibility index (Phi) is 5.13. The van der Waals surface area contributed by atoms with Crippen molar-refractivity contribution >= 4 is 11.5 Å². The van der Waals surface area contributed by atoms with Crippen LogP contribution in [0.1, 0.15) is 70.3 Å². The molecule has 0 unspecified atom stereocenters. The van der Waals surface area contributed by atoms with E-state index in [1.807, 2.05) is 13.0 Å². The van der Waals surface area contributed by atoms with Crippen LogP contribution in [0.25, 0.3) is 0 Å². The second-order valence-corrected chi connectivity index (χ2v) is 10.8. The molecule has 1 N–H and O–H groups in total. The van der Waals surface area contributed by atoms with Gasteiger partial charge in [-0.25, -0.2) is 0 Å². The summed E-state index contributed by atoms with van der Waals surface area (Å²) in [6, 6.07) is 8.76. The molecule has 2 saturated carbocycles. The van der Waals surface area contributed by atoms with E-state index in [4.69, 9.17) is 0 Å². The smallest absolute Gasteiger partial charge is 0.156 e. The summed E-state index contributed by atoms with van der Waals surface area (Å²) in [5, 5.41) is 11.5. The van der Waals surface area contributed by atoms with Crippen LogP contribution in [-0.2, 0) is 4.79 Å². The Bertz CT molecular complexity index is 1070. The van der Waals surface area contributed by atoms with Crippen LogP contribution in [-0.4, -0.2) is 30.6 Å². The minimum absolute atomic E-state index is 0.140. The number of fused-ring (bicyclic) bond motifs is 4. The number of carbonyl (C=O) groups excluding carboxylic acids is 1. The van der Waals surface area contributed by atoms with Gasteiger partial charge < -0.3 is 10.0 Å². The van der Waals surface area contributed by atoms with Crippen molar-refractivity contribution in [3.05, 3.63) is 52.6 Å². The minimum Gasteiger partial charge on any atom is -0.378 e. The molecule has 0 bridgehead atoms. The molecule has 1 aromatic rings. The highest BCUT2D eigenvalue weighted by molar-refractivity contribution is 5.94. The van der Waals surface area contributed by atoms with Crippen molar-refractivity contribution in [1.82, 2.24) is 0 Å². The van der Waals surface area contributed by atoms with Crippen molar-refractivity contribution < 1.29 is 9.90 Å². The number of anilines is 1. The molecule has 0 spiro atoms. The van der Waals surface area contributed by atoms with Gasteiger partial charge in [-0.3, -0.25) is 4.79 Å². The van der Waals surface area contributed by atoms with Crippen LogP contribution in [0.15, 0.2) is 47.1 Å². The van der Waals surface area contributed by atoms with Gasteiger partial charge in [-0.05, 0) is 92.2 Å². The lowest BCUT2D eigenvalue weighted by atomic mass is 9.54. The number of allylic oxidation sites excluding steroid dienone is 4. The number of aliphatic hydroxyl groups is 1. The summed E-state index contributed by atoms with van der Waals surface area (Å²) >= 11 is 0. The zero-order chi connectivity index (χ0) is 22.7. The number of benzene rings is 1. The molecule has 0 heterocycles. The molecule has 0 aliphatic heterocycles. The van der Waals surface area contributed by atoms with Crippen molar-refractivity contribution in [2.24, 2.45) is 17.3 Å². The Morgan fingerprint density at radius 2 is 1.84 bits per heavy atom. The van der Waals surface area contributed by atoms with Gasteiger partial charge in [-0.2, -0.15) is 0 Å². The first-order valence-corrected chi connectivity index (χ1v) is 12.2. The van der Waals surface area contributed by atoms with Crippen molar-refractivity contribution in [2.75, 3.05) is 19.0 Å². The third-order valence-electron chi connectivity index (χ3n) is 9.08. The lowest BCUT2D eigenvalue weighted by Gasteiger charge is -2.51. The van der Waals surface area contributed by atoms with E-state index in [0.717, 1.165) is 38.5 Å². The Morgan fingerprint density at radius 1 is 1.09 bits per heavy atom. The molecule has 2 fully saturated rings. The van der Waals surface area contributed by atoms with E-state index in [9.17, 15) is 9.90 Å². The maximum Gasteiger partial charge on any atom is 0.156 e. The summed E-state index contributed by atoms with van der Waals surface area (Å²) in [7, 11) is 4.11. The highest BCUT2D eigenvalue weighted by Crippen LogP contribution is 2.64. The molecule has 3 nitrogen and oxygen atoms in total. The SMILES string of the molecule is CC#C[C@@]1(O)CC[C@H]2[C@@H]3CCC4=CC(=O)C[C@@H](c5ccc(N(C)C)cc5)C4=C3CC[C@@]21C. The first kappa shape index (κ1) is 21.5. The summed E-state index contributed by atoms with van der Waals surface area (Å²) in [5.74, 6) is 7.61. The highest BCUT2D eigenvalue weighted by atomic mass is 16.3. The minimum atomic E-state index is -0.858. The average Bonchev–Trinajstić information content (AvgIpc) is 3.04. The fraction of sp³-hybridized carbons (Fsp3) is 0.552. The zero-order valence-electron chi connectivity index (χ0n) is 19.9. The number of rotatable bonds is 2. The third-order valence-corrected chi connectivity index (χ3v) is 9.08. The Morgan fingerprint density at radius 3 is 2.53 bits per heavy atom. The second-order valence-electron chi connectivity index (χ2n) is 10.8. The molecule has 32 heavy (non-hydrogen) atoms. The maximum atomic E-state index is 12.7. The Balaban J connectivity index is 1.57. The third kappa shape index (κ3) is 3.11. The van der Waals surface area contributed by atoms with Crippen LogP contribution in [0.3, 0.4) is 0 Å². The van der Waals surface area contributed by atoms with Gasteiger partial charge in [-0.1, -0.05) is 30.6 Å². The van der Waals surface area contributed by atoms with Crippen LogP contribution in [0, 0.1) is 29.1 Å². The fourth-order valence-corrected chi connectivity index (χ4v) is 7.35. The first-order valence-electron chi connectivity index (χ1n) is 12.2. The quantitative estimate of drug-likeness (QED) is 0.640. The Hall–Kier alpha value is -2.31. The van der Waals surface area contributed by atoms with Crippen molar-refractivity contribution in [3.8, 4) is 11.8 Å². The van der Waals surface area contributed by atoms with Gasteiger partial charge in [0.2, 0.25) is 0 Å². The lowest BCUT2D eigenvalue weighted by molar-refractivity contribution is -0.115. The van der Waals surface area contributed by atoms with Gasteiger partial charge in [0.05, 0.1) is 0 Å². The summed E-state index contributed by atoms with van der Waals surface area (Å²) in [5.41, 5.74) is 5.75. The zero-order valence-corrected chi connectivity index (χ0v) is 19.9. The number of nitrogens with zero attached hydrogens (tertiary/aromatic N) is 1. The predicted octanol–water partition coefficient (Wildman–Crippen LogP) is 5.41. The van der Waals surface area contributed by atoms with Crippen LogP contribution >= 0.6 is 0 Å². The van der Waals surface area contributed by atoms with Crippen LogP contribution in [0.2, 0.25) is 0 Å². The van der Waals surface area contributed by atoms with E-state index in [2.05, 4.69) is 62.0 Å². The van der Waals surface area contributed by atoms with Gasteiger partial charge in [0, 0.05) is 37.5 Å². The van der Waals surface area contributed by atoms with Crippen molar-refractivity contribution in [3.63, 3.8) is 0 Å². The molecule has 3 heteroatoms. The maximum absolute atomic E-state index is 12.7. The van der Waals surface area contributed by atoms with Gasteiger partial charge in [0.1, 0.15) is 5.60 Å². The highest BCUT2D eigenvalue weighted by Gasteiger charge is 2.60. The lowest BCUT2D eigenvalue weighted by Crippen LogP contribution is -2.49. The number of ketones is 1. The average molecular weight is 430 g/mol.